The highest BCUT2D eigenvalue weighted by molar-refractivity contribution is 5.95. The molecule has 4 aromatic heterocycles. The molecule has 0 aliphatic heterocycles. The van der Waals surface area contributed by atoms with E-state index in [9.17, 15) is 4.39 Å². The van der Waals surface area contributed by atoms with Crippen LogP contribution in [0.25, 0.3) is 88.5 Å². The van der Waals surface area contributed by atoms with Gasteiger partial charge in [-0.05, 0) is 267 Å². The van der Waals surface area contributed by atoms with Crippen LogP contribution in [0.5, 0.6) is 0 Å². The number of aromatic nitrogens is 4. The second-order valence-corrected chi connectivity index (χ2v) is 27.0. The average molecular weight is 1240 g/mol. The second-order valence-electron chi connectivity index (χ2n) is 27.0. The van der Waals surface area contributed by atoms with E-state index in [1.54, 1.807) is 19.9 Å². The van der Waals surface area contributed by atoms with Gasteiger partial charge < -0.3 is 0 Å². The van der Waals surface area contributed by atoms with Crippen molar-refractivity contribution in [2.45, 2.75) is 156 Å². The van der Waals surface area contributed by atoms with Crippen molar-refractivity contribution in [3.63, 3.8) is 0 Å². The Morgan fingerprint density at radius 3 is 1.46 bits per heavy atom. The molecule has 0 spiro atoms. The van der Waals surface area contributed by atoms with Crippen LogP contribution in [0.4, 0.5) is 8.78 Å². The quantitative estimate of drug-likeness (QED) is 0.148. The van der Waals surface area contributed by atoms with Gasteiger partial charge in [0.1, 0.15) is 39.8 Å². The van der Waals surface area contributed by atoms with Gasteiger partial charge in [-0.1, -0.05) is 91.1 Å². The fourth-order valence-corrected chi connectivity index (χ4v) is 14.6. The largest absolute Gasteiger partial charge is 0.223 e. The predicted molar refractivity (Wildman–Crippen MR) is 389 cm³/mol. The first-order chi connectivity index (χ1) is 45.4. The van der Waals surface area contributed by atoms with Gasteiger partial charge in [0, 0.05) is 74.0 Å². The molecule has 1 saturated carbocycles. The van der Waals surface area contributed by atoms with Crippen molar-refractivity contribution in [1.82, 2.24) is 0 Å². The van der Waals surface area contributed by atoms with Crippen LogP contribution in [0, 0.1) is 122 Å². The molecular formula is C87H98F2N4+4. The third kappa shape index (κ3) is 13.3. The van der Waals surface area contributed by atoms with Crippen LogP contribution < -0.4 is 18.3 Å². The zero-order valence-electron chi connectivity index (χ0n) is 62.0. The van der Waals surface area contributed by atoms with Crippen LogP contribution in [-0.4, -0.2) is 0 Å². The summed E-state index contributed by atoms with van der Waals surface area (Å²) in [5.74, 6) is 0.382. The first-order valence-electron chi connectivity index (χ1n) is 34.8. The highest BCUT2D eigenvalue weighted by Crippen LogP contribution is 2.39. The highest BCUT2D eigenvalue weighted by Gasteiger charge is 2.27. The Hall–Kier alpha value is -8.74. The molecule has 6 heteroatoms. The van der Waals surface area contributed by atoms with Crippen LogP contribution in [0.2, 0.25) is 0 Å². The van der Waals surface area contributed by atoms with Crippen LogP contribution in [0.15, 0.2) is 146 Å². The summed E-state index contributed by atoms with van der Waals surface area (Å²) in [5, 5.41) is 5.89. The topological polar surface area (TPSA) is 15.5 Å². The molecule has 1 aliphatic rings. The zero-order valence-corrected chi connectivity index (χ0v) is 59.0. The van der Waals surface area contributed by atoms with Gasteiger partial charge in [-0.2, -0.15) is 13.7 Å². The highest BCUT2D eigenvalue weighted by atomic mass is 19.1. The summed E-state index contributed by atoms with van der Waals surface area (Å²) in [4.78, 5) is 0. The van der Waals surface area contributed by atoms with Crippen LogP contribution >= 0.6 is 0 Å². The van der Waals surface area contributed by atoms with E-state index in [0.717, 1.165) is 67.5 Å². The number of rotatable bonds is 6. The minimum Gasteiger partial charge on any atom is -0.206 e. The Kier molecular flexibility index (Phi) is 18.6. The van der Waals surface area contributed by atoms with Gasteiger partial charge in [-0.15, -0.1) is 0 Å². The molecule has 8 aromatic carbocycles. The maximum absolute atomic E-state index is 15.2. The number of aryl methyl sites for hydroxylation is 17. The van der Waals surface area contributed by atoms with E-state index in [2.05, 4.69) is 200 Å². The minimum atomic E-state index is -2.16. The molecule has 0 unspecified atom stereocenters. The van der Waals surface area contributed by atoms with Gasteiger partial charge in [-0.3, -0.25) is 0 Å². The number of halogens is 2. The van der Waals surface area contributed by atoms with E-state index in [1.165, 1.54) is 131 Å². The molecule has 0 N–H and O–H groups in total. The fourth-order valence-electron chi connectivity index (χ4n) is 14.6. The first-order valence-corrected chi connectivity index (χ1v) is 33.3. The summed E-state index contributed by atoms with van der Waals surface area (Å²) in [7, 11) is 8.31. The molecular weight excluding hydrogens is 1140 g/mol. The van der Waals surface area contributed by atoms with Crippen LogP contribution in [-0.2, 0) is 34.6 Å². The van der Waals surface area contributed by atoms with Crippen LogP contribution in [0.1, 0.15) is 143 Å². The van der Waals surface area contributed by atoms with Crippen molar-refractivity contribution in [2.75, 3.05) is 0 Å². The van der Waals surface area contributed by atoms with E-state index < -0.39 is 6.85 Å². The van der Waals surface area contributed by atoms with E-state index in [0.29, 0.717) is 28.2 Å². The maximum atomic E-state index is 15.2. The Labute approximate surface area is 558 Å². The molecule has 4 nitrogen and oxygen atoms in total. The van der Waals surface area contributed by atoms with Gasteiger partial charge in [0.15, 0.2) is 6.20 Å². The average Bonchev–Trinajstić information content (AvgIpc) is 0.917. The van der Waals surface area contributed by atoms with Crippen molar-refractivity contribution >= 4 is 43.5 Å². The number of benzene rings is 8. The number of hydrogen-bond donors (Lipinski definition) is 0. The van der Waals surface area contributed by atoms with Crippen molar-refractivity contribution in [1.29, 1.82) is 0 Å². The van der Waals surface area contributed by atoms with Gasteiger partial charge in [0.25, 0.3) is 0 Å². The molecule has 0 atom stereocenters. The standard InChI is InChI=1S/C24H27FN.C21H23FN.2C21H24N/c1-15-13-16(2)23(25)22(17(15)3)24-21-14-20(18-7-5-6-8-18)10-9-19(21)11-12-26(24)4;1-12-9-13(2)15(4)18(10-12)19-8-7-17-16(5)21(22)14(3)11-20(17)23(19)6;1-13-9-15(3)17(5)19(11-13)20-8-7-18-16(4)10-14(2)12-21(18)22(20)6;1-6-17-8-7-9-20-18(17)10-11-21(22(20)5)19-13-14(2)12-15(3)16(19)4/h9-14,18H,5-8H2,1-4H3;7-11H,1-6H3;7-12H,1-6H3;7-13H,6H2,1-5H3/q4*+1/i;2D3;;. The Bertz CT molecular complexity index is 5020. The monoisotopic (exact) mass is 1240 g/mol. The molecule has 476 valence electrons. The molecule has 12 aromatic rings. The Balaban J connectivity index is 0.000000140. The summed E-state index contributed by atoms with van der Waals surface area (Å²) in [6.45, 7) is 30.9. The molecule has 1 aliphatic carbocycles. The lowest BCUT2D eigenvalue weighted by atomic mass is 9.91. The van der Waals surface area contributed by atoms with E-state index in [1.807, 2.05) is 82.9 Å². The summed E-state index contributed by atoms with van der Waals surface area (Å²) >= 11 is 0. The van der Waals surface area contributed by atoms with Crippen molar-refractivity contribution in [3.05, 3.63) is 257 Å². The van der Waals surface area contributed by atoms with Crippen LogP contribution in [0.3, 0.4) is 0 Å². The van der Waals surface area contributed by atoms with E-state index >= 15 is 4.39 Å². The van der Waals surface area contributed by atoms with Gasteiger partial charge in [0.05, 0.1) is 16.3 Å². The Morgan fingerprint density at radius 2 is 0.892 bits per heavy atom. The zero-order chi connectivity index (χ0) is 69.7. The minimum absolute atomic E-state index is 0.0949. The third-order valence-electron chi connectivity index (χ3n) is 20.4. The summed E-state index contributed by atoms with van der Waals surface area (Å²) in [6.07, 6.45) is 8.31. The number of pyridine rings is 4. The van der Waals surface area contributed by atoms with Crippen molar-refractivity contribution in [3.8, 4) is 45.0 Å². The lowest BCUT2D eigenvalue weighted by Crippen LogP contribution is -2.32. The van der Waals surface area contributed by atoms with Gasteiger partial charge in [-0.25, -0.2) is 13.3 Å². The molecule has 93 heavy (non-hydrogen) atoms. The maximum Gasteiger partial charge on any atom is 0.223 e. The molecule has 0 radical (unpaired) electrons. The number of fused-ring (bicyclic) bond motifs is 4. The molecule has 0 bridgehead atoms. The lowest BCUT2D eigenvalue weighted by Gasteiger charge is -2.15. The molecule has 0 amide bonds. The van der Waals surface area contributed by atoms with Gasteiger partial charge >= 0.3 is 0 Å². The molecule has 0 saturated heterocycles. The lowest BCUT2D eigenvalue weighted by molar-refractivity contribution is -0.659. The molecule has 13 rings (SSSR count). The number of nitrogens with zero attached hydrogens (tertiary/aromatic N) is 4. The van der Waals surface area contributed by atoms with Gasteiger partial charge in [0.2, 0.25) is 39.3 Å². The summed E-state index contributed by atoms with van der Waals surface area (Å²) < 4.78 is 61.7. The normalized spacial score (nSPS) is 12.9. The summed E-state index contributed by atoms with van der Waals surface area (Å²) in [6, 6.07) is 49.6. The summed E-state index contributed by atoms with van der Waals surface area (Å²) in [5.41, 5.74) is 32.0. The fraction of sp³-hybridized carbons (Fsp3) is 0.310. The Morgan fingerprint density at radius 1 is 0.409 bits per heavy atom. The number of hydrogen-bond acceptors (Lipinski definition) is 0. The van der Waals surface area contributed by atoms with E-state index in [4.69, 9.17) is 4.11 Å². The molecule has 4 heterocycles. The SMILES string of the molecule is CCc1cccc2c1ccc(-c1cc(C)cc(C)c1C)[n+]2C.Cc1cc(C)c(C)c(-c2ccc3c(C)cc(C)cc3[n+]2C)c1.Cc1cc(C)c(F)c(-c2c3cc(C4CCCC4)ccc3cc[n+]2C)c1C.[2H]C([2H])([2H])c1cc(C)cc(-c2ccc3c(C)c(F)c(C)cc3[n+]2C)c1C. The molecule has 1 fully saturated rings. The van der Waals surface area contributed by atoms with E-state index in [-0.39, 0.29) is 11.6 Å². The second kappa shape index (κ2) is 27.5. The first kappa shape index (κ1) is 63.0. The van der Waals surface area contributed by atoms with Crippen molar-refractivity contribution < 1.29 is 31.2 Å². The third-order valence-corrected chi connectivity index (χ3v) is 20.4. The smallest absolute Gasteiger partial charge is 0.206 e. The predicted octanol–water partition coefficient (Wildman–Crippen LogP) is 20.8. The van der Waals surface area contributed by atoms with Crippen molar-refractivity contribution in [2.24, 2.45) is 28.2 Å².